The quantitative estimate of drug-likeness (QED) is 0.709. The van der Waals surface area contributed by atoms with Crippen molar-refractivity contribution in [2.24, 2.45) is 5.92 Å². The zero-order valence-electron chi connectivity index (χ0n) is 12.6. The Morgan fingerprint density at radius 3 is 2.70 bits per heavy atom. The van der Waals surface area contributed by atoms with Crippen LogP contribution in [0.1, 0.15) is 19.5 Å². The van der Waals surface area contributed by atoms with Gasteiger partial charge in [0.25, 0.3) is 0 Å². The summed E-state index contributed by atoms with van der Waals surface area (Å²) in [5, 5.41) is 2.92. The Balaban J connectivity index is 2.30. The summed E-state index contributed by atoms with van der Waals surface area (Å²) in [6.45, 7) is 7.61. The van der Waals surface area contributed by atoms with Gasteiger partial charge in [-0.1, -0.05) is 29.8 Å². The van der Waals surface area contributed by atoms with Gasteiger partial charge in [-0.25, -0.2) is 4.98 Å². The first-order valence-electron chi connectivity index (χ1n) is 6.93. The maximum absolute atomic E-state index is 4.83. The first kappa shape index (κ1) is 15.8. The van der Waals surface area contributed by atoms with E-state index in [0.29, 0.717) is 5.92 Å². The Morgan fingerprint density at radius 2 is 2.10 bits per heavy atom. The van der Waals surface area contributed by atoms with E-state index in [1.807, 2.05) is 0 Å². The number of nitrogens with zero attached hydrogens (tertiary/aromatic N) is 4. The molecule has 0 saturated carbocycles. The molecule has 2 rings (SSSR count). The lowest BCUT2D eigenvalue weighted by molar-refractivity contribution is 0.408. The molecule has 20 heavy (non-hydrogen) atoms. The minimum Gasteiger partial charge on any atom is -0.353 e. The van der Waals surface area contributed by atoms with Crippen molar-refractivity contribution in [3.05, 3.63) is 17.3 Å². The molecule has 0 spiro atoms. The van der Waals surface area contributed by atoms with E-state index in [2.05, 4.69) is 69.7 Å². The molecule has 0 radical (unpaired) electrons. The molecule has 0 aliphatic rings. The summed E-state index contributed by atoms with van der Waals surface area (Å²) in [6.07, 6.45) is 2.10. The molecule has 2 aromatic rings. The standard InChI is InChI=1S/C14H23BrN4S/c1-11(2)10-18(6-5-17(3)4)13-12(9-15)19-7-8-20-14(19)16-13/h7-8,11H,5-6,9-10H2,1-4H3. The molecule has 4 nitrogen and oxygen atoms in total. The largest absolute Gasteiger partial charge is 0.353 e. The second kappa shape index (κ2) is 6.91. The second-order valence-electron chi connectivity index (χ2n) is 5.71. The van der Waals surface area contributed by atoms with Crippen LogP contribution in [-0.4, -0.2) is 48.0 Å². The molecule has 0 aliphatic carbocycles. The monoisotopic (exact) mass is 358 g/mol. The number of imidazole rings is 1. The molecule has 0 saturated heterocycles. The highest BCUT2D eigenvalue weighted by Crippen LogP contribution is 2.27. The number of halogens is 1. The van der Waals surface area contributed by atoms with Crippen LogP contribution >= 0.6 is 27.3 Å². The van der Waals surface area contributed by atoms with Gasteiger partial charge in [-0.15, -0.1) is 11.3 Å². The van der Waals surface area contributed by atoms with Gasteiger partial charge in [0.1, 0.15) is 0 Å². The number of hydrogen-bond acceptors (Lipinski definition) is 4. The van der Waals surface area contributed by atoms with Gasteiger partial charge in [0.2, 0.25) is 0 Å². The average Bonchev–Trinajstić information content (AvgIpc) is 2.93. The van der Waals surface area contributed by atoms with Gasteiger partial charge in [0.05, 0.1) is 5.69 Å². The second-order valence-corrected chi connectivity index (χ2v) is 7.15. The van der Waals surface area contributed by atoms with Gasteiger partial charge in [-0.3, -0.25) is 4.40 Å². The van der Waals surface area contributed by atoms with E-state index in [0.717, 1.165) is 35.7 Å². The average molecular weight is 359 g/mol. The van der Waals surface area contributed by atoms with Gasteiger partial charge in [-0.05, 0) is 20.0 Å². The number of hydrogen-bond donors (Lipinski definition) is 0. The van der Waals surface area contributed by atoms with Gasteiger partial charge in [0.15, 0.2) is 10.8 Å². The Labute approximate surface area is 133 Å². The van der Waals surface area contributed by atoms with Crippen LogP contribution in [-0.2, 0) is 5.33 Å². The van der Waals surface area contributed by atoms with Gasteiger partial charge < -0.3 is 9.80 Å². The molecule has 0 aromatic carbocycles. The predicted octanol–water partition coefficient (Wildman–Crippen LogP) is 3.31. The first-order chi connectivity index (χ1) is 9.52. The van der Waals surface area contributed by atoms with Crippen LogP contribution in [0.3, 0.4) is 0 Å². The van der Waals surface area contributed by atoms with Gasteiger partial charge in [0, 0.05) is 36.5 Å². The Hall–Kier alpha value is -0.590. The van der Waals surface area contributed by atoms with Crippen molar-refractivity contribution in [1.82, 2.24) is 14.3 Å². The van der Waals surface area contributed by atoms with E-state index < -0.39 is 0 Å². The van der Waals surface area contributed by atoms with Crippen molar-refractivity contribution in [2.75, 3.05) is 38.6 Å². The van der Waals surface area contributed by atoms with Crippen LogP contribution in [0.2, 0.25) is 0 Å². The van der Waals surface area contributed by atoms with Crippen molar-refractivity contribution in [3.8, 4) is 0 Å². The normalized spacial score (nSPS) is 11.9. The first-order valence-corrected chi connectivity index (χ1v) is 8.93. The lowest BCUT2D eigenvalue weighted by atomic mass is 10.2. The minimum absolute atomic E-state index is 0.625. The highest BCUT2D eigenvalue weighted by atomic mass is 79.9. The highest BCUT2D eigenvalue weighted by Gasteiger charge is 2.19. The molecule has 0 unspecified atom stereocenters. The fourth-order valence-electron chi connectivity index (χ4n) is 2.24. The third-order valence-electron chi connectivity index (χ3n) is 3.17. The molecule has 0 N–H and O–H groups in total. The number of aromatic nitrogens is 2. The molecule has 0 atom stereocenters. The van der Waals surface area contributed by atoms with Crippen LogP contribution < -0.4 is 4.90 Å². The van der Waals surface area contributed by atoms with E-state index in [1.165, 1.54) is 5.69 Å². The predicted molar refractivity (Wildman–Crippen MR) is 91.3 cm³/mol. The van der Waals surface area contributed by atoms with Crippen molar-refractivity contribution < 1.29 is 0 Å². The lowest BCUT2D eigenvalue weighted by Crippen LogP contribution is -2.35. The number of anilines is 1. The fourth-order valence-corrected chi connectivity index (χ4v) is 3.49. The van der Waals surface area contributed by atoms with Crippen molar-refractivity contribution in [1.29, 1.82) is 0 Å². The fraction of sp³-hybridized carbons (Fsp3) is 0.643. The molecule has 0 bridgehead atoms. The Morgan fingerprint density at radius 1 is 1.35 bits per heavy atom. The van der Waals surface area contributed by atoms with Crippen LogP contribution in [0.4, 0.5) is 5.82 Å². The van der Waals surface area contributed by atoms with E-state index in [4.69, 9.17) is 4.98 Å². The Bertz CT molecular complexity index is 546. The van der Waals surface area contributed by atoms with E-state index in [9.17, 15) is 0 Å². The number of likely N-dealkylation sites (N-methyl/N-ethyl adjacent to an activating group) is 1. The molecule has 2 heterocycles. The van der Waals surface area contributed by atoms with E-state index in [-0.39, 0.29) is 0 Å². The topological polar surface area (TPSA) is 23.8 Å². The summed E-state index contributed by atoms with van der Waals surface area (Å²) in [5.74, 6) is 1.75. The molecule has 0 fully saturated rings. The van der Waals surface area contributed by atoms with Gasteiger partial charge >= 0.3 is 0 Å². The van der Waals surface area contributed by atoms with E-state index in [1.54, 1.807) is 11.3 Å². The van der Waals surface area contributed by atoms with Crippen LogP contribution in [0, 0.1) is 5.92 Å². The molecular weight excluding hydrogens is 336 g/mol. The lowest BCUT2D eigenvalue weighted by Gasteiger charge is -2.27. The molecule has 0 aliphatic heterocycles. The van der Waals surface area contributed by atoms with E-state index >= 15 is 0 Å². The molecule has 112 valence electrons. The van der Waals surface area contributed by atoms with Crippen molar-refractivity contribution in [2.45, 2.75) is 19.2 Å². The van der Waals surface area contributed by atoms with Crippen LogP contribution in [0.25, 0.3) is 4.96 Å². The van der Waals surface area contributed by atoms with Crippen molar-refractivity contribution in [3.63, 3.8) is 0 Å². The number of alkyl halides is 1. The zero-order chi connectivity index (χ0) is 14.7. The number of thiazole rings is 1. The molecule has 6 heteroatoms. The van der Waals surface area contributed by atoms with Crippen LogP contribution in [0.15, 0.2) is 11.6 Å². The third-order valence-corrected chi connectivity index (χ3v) is 4.46. The summed E-state index contributed by atoms with van der Waals surface area (Å²) in [5.41, 5.74) is 1.25. The molecular formula is C14H23BrN4S. The summed E-state index contributed by atoms with van der Waals surface area (Å²) in [4.78, 5) is 10.6. The molecule has 0 amide bonds. The minimum atomic E-state index is 0.625. The third kappa shape index (κ3) is 3.54. The van der Waals surface area contributed by atoms with Crippen molar-refractivity contribution >= 4 is 38.0 Å². The SMILES string of the molecule is CC(C)CN(CCN(C)C)c1nc2sccn2c1CBr. The maximum Gasteiger partial charge on any atom is 0.195 e. The highest BCUT2D eigenvalue weighted by molar-refractivity contribution is 9.08. The summed E-state index contributed by atoms with van der Waals surface area (Å²) in [7, 11) is 4.23. The molecule has 2 aromatic heterocycles. The zero-order valence-corrected chi connectivity index (χ0v) is 15.0. The summed E-state index contributed by atoms with van der Waals surface area (Å²) < 4.78 is 2.19. The Kier molecular flexibility index (Phi) is 5.46. The number of fused-ring (bicyclic) bond motifs is 1. The maximum atomic E-state index is 4.83. The summed E-state index contributed by atoms with van der Waals surface area (Å²) >= 11 is 5.31. The summed E-state index contributed by atoms with van der Waals surface area (Å²) in [6, 6.07) is 0. The smallest absolute Gasteiger partial charge is 0.195 e. The van der Waals surface area contributed by atoms with Gasteiger partial charge in [-0.2, -0.15) is 0 Å². The van der Waals surface area contributed by atoms with Crippen LogP contribution in [0.5, 0.6) is 0 Å². The number of rotatable bonds is 7.